The first-order valence-electron chi connectivity index (χ1n) is 6.58. The molecule has 2 rings (SSSR count). The van der Waals surface area contributed by atoms with Crippen LogP contribution in [0.5, 0.6) is 5.75 Å². The molecule has 1 atom stereocenters. The van der Waals surface area contributed by atoms with Gasteiger partial charge in [-0.3, -0.25) is 0 Å². The number of benzene rings is 1. The van der Waals surface area contributed by atoms with E-state index in [0.29, 0.717) is 6.04 Å². The average molecular weight is 233 g/mol. The Kier molecular flexibility index (Phi) is 4.06. The van der Waals surface area contributed by atoms with Crippen molar-refractivity contribution >= 4 is 0 Å². The van der Waals surface area contributed by atoms with Crippen molar-refractivity contribution < 1.29 is 4.74 Å². The number of aryl methyl sites for hydroxylation is 2. The molecule has 2 nitrogen and oxygen atoms in total. The highest BCUT2D eigenvalue weighted by atomic mass is 16.5. The van der Waals surface area contributed by atoms with E-state index in [0.717, 1.165) is 12.2 Å². The Labute approximate surface area is 104 Å². The van der Waals surface area contributed by atoms with Crippen LogP contribution < -0.4 is 10.1 Å². The topological polar surface area (TPSA) is 21.3 Å². The van der Waals surface area contributed by atoms with Gasteiger partial charge in [0.05, 0.1) is 7.11 Å². The van der Waals surface area contributed by atoms with E-state index in [1.54, 1.807) is 7.11 Å². The van der Waals surface area contributed by atoms with Gasteiger partial charge in [0.15, 0.2) is 0 Å². The van der Waals surface area contributed by atoms with Crippen molar-refractivity contribution in [3.8, 4) is 5.75 Å². The van der Waals surface area contributed by atoms with Gasteiger partial charge in [-0.25, -0.2) is 0 Å². The third kappa shape index (κ3) is 3.01. The summed E-state index contributed by atoms with van der Waals surface area (Å²) in [5, 5.41) is 3.62. The van der Waals surface area contributed by atoms with Crippen molar-refractivity contribution in [2.24, 2.45) is 0 Å². The van der Waals surface area contributed by atoms with Gasteiger partial charge in [0.2, 0.25) is 0 Å². The maximum atomic E-state index is 5.31. The number of hydrogen-bond donors (Lipinski definition) is 1. The predicted octanol–water partition coefficient (Wildman–Crippen LogP) is 3.00. The Morgan fingerprint density at radius 3 is 2.47 bits per heavy atom. The quantitative estimate of drug-likeness (QED) is 0.866. The summed E-state index contributed by atoms with van der Waals surface area (Å²) in [5.41, 5.74) is 4.20. The maximum absolute atomic E-state index is 5.31. The Balaban J connectivity index is 2.14. The van der Waals surface area contributed by atoms with Gasteiger partial charge in [-0.2, -0.15) is 0 Å². The summed E-state index contributed by atoms with van der Waals surface area (Å²) in [6.07, 6.45) is 5.16. The van der Waals surface area contributed by atoms with Crippen molar-refractivity contribution in [1.29, 1.82) is 0 Å². The van der Waals surface area contributed by atoms with E-state index >= 15 is 0 Å². The number of methoxy groups -OCH3 is 1. The average Bonchev–Trinajstić information content (AvgIpc) is 2.35. The van der Waals surface area contributed by atoms with Crippen LogP contribution in [-0.2, 0) is 6.42 Å². The summed E-state index contributed by atoms with van der Waals surface area (Å²) in [7, 11) is 1.73. The number of piperidine rings is 1. The van der Waals surface area contributed by atoms with Gasteiger partial charge in [-0.05, 0) is 68.5 Å². The summed E-state index contributed by atoms with van der Waals surface area (Å²) in [5.74, 6) is 0.973. The van der Waals surface area contributed by atoms with E-state index in [9.17, 15) is 0 Å². The SMILES string of the molecule is COc1cc(C)c(CC2CCCCN2)c(C)c1. The van der Waals surface area contributed by atoms with Crippen molar-refractivity contribution in [3.63, 3.8) is 0 Å². The van der Waals surface area contributed by atoms with Crippen LogP contribution in [0.2, 0.25) is 0 Å². The molecule has 0 radical (unpaired) electrons. The first-order chi connectivity index (χ1) is 8.20. The second-order valence-electron chi connectivity index (χ2n) is 5.09. The van der Waals surface area contributed by atoms with Gasteiger partial charge >= 0.3 is 0 Å². The normalized spacial score (nSPS) is 20.3. The molecular formula is C15H23NO. The van der Waals surface area contributed by atoms with Crippen LogP contribution in [0.15, 0.2) is 12.1 Å². The lowest BCUT2D eigenvalue weighted by Crippen LogP contribution is -2.35. The summed E-state index contributed by atoms with van der Waals surface area (Å²) in [6.45, 7) is 5.56. The van der Waals surface area contributed by atoms with Crippen molar-refractivity contribution in [1.82, 2.24) is 5.32 Å². The molecule has 1 aliphatic heterocycles. The highest BCUT2D eigenvalue weighted by Gasteiger charge is 2.15. The molecule has 2 heteroatoms. The van der Waals surface area contributed by atoms with E-state index in [4.69, 9.17) is 4.74 Å². The van der Waals surface area contributed by atoms with Gasteiger partial charge in [0.1, 0.15) is 5.75 Å². The van der Waals surface area contributed by atoms with Crippen molar-refractivity contribution in [2.45, 2.75) is 45.6 Å². The second kappa shape index (κ2) is 5.54. The Bertz CT molecular complexity index is 358. The molecule has 1 saturated heterocycles. The molecule has 1 aliphatic rings. The minimum atomic E-state index is 0.662. The number of rotatable bonds is 3. The minimum absolute atomic E-state index is 0.662. The lowest BCUT2D eigenvalue weighted by atomic mass is 9.92. The molecule has 1 aromatic carbocycles. The summed E-state index contributed by atoms with van der Waals surface area (Å²) in [4.78, 5) is 0. The molecule has 1 fully saturated rings. The van der Waals surface area contributed by atoms with Crippen molar-refractivity contribution in [3.05, 3.63) is 28.8 Å². The molecule has 1 N–H and O–H groups in total. The van der Waals surface area contributed by atoms with E-state index in [2.05, 4.69) is 31.3 Å². The molecule has 0 spiro atoms. The third-order valence-electron chi connectivity index (χ3n) is 3.77. The number of nitrogens with one attached hydrogen (secondary N) is 1. The molecule has 1 heterocycles. The zero-order chi connectivity index (χ0) is 12.3. The van der Waals surface area contributed by atoms with E-state index in [1.807, 2.05) is 0 Å². The second-order valence-corrected chi connectivity index (χ2v) is 5.09. The van der Waals surface area contributed by atoms with Gasteiger partial charge in [0, 0.05) is 6.04 Å². The van der Waals surface area contributed by atoms with Gasteiger partial charge in [-0.15, -0.1) is 0 Å². The highest BCUT2D eigenvalue weighted by molar-refractivity contribution is 5.41. The zero-order valence-corrected chi connectivity index (χ0v) is 11.2. The molecule has 0 amide bonds. The molecule has 0 aliphatic carbocycles. The standard InChI is InChI=1S/C15H23NO/c1-11-8-14(17-3)9-12(2)15(11)10-13-6-4-5-7-16-13/h8-9,13,16H,4-7,10H2,1-3H3. The molecule has 0 saturated carbocycles. The highest BCUT2D eigenvalue weighted by Crippen LogP contribution is 2.24. The molecule has 17 heavy (non-hydrogen) atoms. The molecule has 1 aromatic rings. The minimum Gasteiger partial charge on any atom is -0.497 e. The molecule has 94 valence electrons. The Morgan fingerprint density at radius 1 is 1.24 bits per heavy atom. The van der Waals surface area contributed by atoms with Crippen LogP contribution >= 0.6 is 0 Å². The van der Waals surface area contributed by atoms with Gasteiger partial charge in [-0.1, -0.05) is 6.42 Å². The molecular weight excluding hydrogens is 210 g/mol. The Morgan fingerprint density at radius 2 is 1.94 bits per heavy atom. The first-order valence-corrected chi connectivity index (χ1v) is 6.58. The first kappa shape index (κ1) is 12.4. The molecule has 0 aromatic heterocycles. The third-order valence-corrected chi connectivity index (χ3v) is 3.77. The lowest BCUT2D eigenvalue weighted by Gasteiger charge is -2.25. The van der Waals surface area contributed by atoms with Gasteiger partial charge in [0.25, 0.3) is 0 Å². The van der Waals surface area contributed by atoms with E-state index in [-0.39, 0.29) is 0 Å². The van der Waals surface area contributed by atoms with Crippen LogP contribution in [0.25, 0.3) is 0 Å². The van der Waals surface area contributed by atoms with Gasteiger partial charge < -0.3 is 10.1 Å². The number of hydrogen-bond acceptors (Lipinski definition) is 2. The molecule has 1 unspecified atom stereocenters. The smallest absolute Gasteiger partial charge is 0.119 e. The summed E-state index contributed by atoms with van der Waals surface area (Å²) < 4.78 is 5.31. The summed E-state index contributed by atoms with van der Waals surface area (Å²) >= 11 is 0. The lowest BCUT2D eigenvalue weighted by molar-refractivity contribution is 0.397. The Hall–Kier alpha value is -1.02. The van der Waals surface area contributed by atoms with E-state index < -0.39 is 0 Å². The molecule has 0 bridgehead atoms. The number of ether oxygens (including phenoxy) is 1. The van der Waals surface area contributed by atoms with E-state index in [1.165, 1.54) is 42.5 Å². The van der Waals surface area contributed by atoms with Crippen LogP contribution in [0.3, 0.4) is 0 Å². The predicted molar refractivity (Wildman–Crippen MR) is 71.8 cm³/mol. The van der Waals surface area contributed by atoms with Crippen molar-refractivity contribution in [2.75, 3.05) is 13.7 Å². The largest absolute Gasteiger partial charge is 0.497 e. The van der Waals surface area contributed by atoms with Crippen LogP contribution in [0.4, 0.5) is 0 Å². The van der Waals surface area contributed by atoms with Crippen LogP contribution in [-0.4, -0.2) is 19.7 Å². The fourth-order valence-corrected chi connectivity index (χ4v) is 2.74. The fourth-order valence-electron chi connectivity index (χ4n) is 2.74. The maximum Gasteiger partial charge on any atom is 0.119 e. The zero-order valence-electron chi connectivity index (χ0n) is 11.2. The van der Waals surface area contributed by atoms with Crippen LogP contribution in [0, 0.1) is 13.8 Å². The summed E-state index contributed by atoms with van der Waals surface area (Å²) in [6, 6.07) is 4.95. The van der Waals surface area contributed by atoms with Crippen LogP contribution in [0.1, 0.15) is 36.0 Å². The monoisotopic (exact) mass is 233 g/mol. The fraction of sp³-hybridized carbons (Fsp3) is 0.600.